The SMILES string of the molecule is CCCCCCCCC(CCCCCC)CSc1nnc(N=Nc2c(C(C)(C)C)nn(-c3ccccc3)c2N)s1. The Labute approximate surface area is 249 Å². The summed E-state index contributed by atoms with van der Waals surface area (Å²) in [4.78, 5) is 0. The van der Waals surface area contributed by atoms with Crippen molar-refractivity contribution in [3.63, 3.8) is 0 Å². The zero-order valence-corrected chi connectivity index (χ0v) is 26.9. The number of hydrogen-bond donors (Lipinski definition) is 1. The normalized spacial score (nSPS) is 12.9. The molecule has 2 N–H and O–H groups in total. The van der Waals surface area contributed by atoms with Crippen molar-refractivity contribution in [2.75, 3.05) is 11.5 Å². The minimum atomic E-state index is -0.243. The summed E-state index contributed by atoms with van der Waals surface area (Å²) in [6.45, 7) is 10.9. The summed E-state index contributed by atoms with van der Waals surface area (Å²) in [5.41, 5.74) is 8.57. The Morgan fingerprint density at radius 3 is 2.15 bits per heavy atom. The predicted octanol–water partition coefficient (Wildman–Crippen LogP) is 10.4. The second-order valence-corrected chi connectivity index (χ2v) is 13.9. The van der Waals surface area contributed by atoms with Crippen LogP contribution in [0, 0.1) is 5.92 Å². The van der Waals surface area contributed by atoms with Gasteiger partial charge in [0.15, 0.2) is 15.8 Å². The number of anilines is 1. The van der Waals surface area contributed by atoms with Crippen LogP contribution in [0.4, 0.5) is 16.6 Å². The average Bonchev–Trinajstić information content (AvgIpc) is 3.54. The van der Waals surface area contributed by atoms with Crippen LogP contribution in [0.3, 0.4) is 0 Å². The van der Waals surface area contributed by atoms with E-state index in [1.54, 1.807) is 4.68 Å². The zero-order valence-electron chi connectivity index (χ0n) is 25.2. The summed E-state index contributed by atoms with van der Waals surface area (Å²) in [6, 6.07) is 9.88. The minimum absolute atomic E-state index is 0.243. The van der Waals surface area contributed by atoms with Gasteiger partial charge in [0.2, 0.25) is 0 Å². The number of nitrogens with zero attached hydrogens (tertiary/aromatic N) is 6. The third kappa shape index (κ3) is 10.3. The van der Waals surface area contributed by atoms with E-state index >= 15 is 0 Å². The van der Waals surface area contributed by atoms with Gasteiger partial charge in [0.25, 0.3) is 5.13 Å². The number of unbranched alkanes of at least 4 members (excludes halogenated alkanes) is 8. The third-order valence-corrected chi connectivity index (χ3v) is 9.28. The second-order valence-electron chi connectivity index (χ2n) is 11.7. The van der Waals surface area contributed by atoms with Gasteiger partial charge in [-0.2, -0.15) is 5.10 Å². The number of para-hydroxylation sites is 1. The van der Waals surface area contributed by atoms with Crippen LogP contribution in [0.15, 0.2) is 44.9 Å². The topological polar surface area (TPSA) is 94.3 Å². The van der Waals surface area contributed by atoms with Crippen LogP contribution >= 0.6 is 23.1 Å². The summed E-state index contributed by atoms with van der Waals surface area (Å²) in [5, 5.41) is 23.0. The molecule has 2 heterocycles. The highest BCUT2D eigenvalue weighted by atomic mass is 32.2. The largest absolute Gasteiger partial charge is 0.382 e. The molecule has 0 aliphatic rings. The Bertz CT molecular complexity index is 1150. The minimum Gasteiger partial charge on any atom is -0.382 e. The maximum Gasteiger partial charge on any atom is 0.252 e. The van der Waals surface area contributed by atoms with Crippen LogP contribution in [0.5, 0.6) is 0 Å². The summed E-state index contributed by atoms with van der Waals surface area (Å²) in [5.74, 6) is 2.30. The van der Waals surface area contributed by atoms with Crippen molar-refractivity contribution < 1.29 is 0 Å². The number of nitrogen functional groups attached to an aromatic ring is 1. The van der Waals surface area contributed by atoms with Crippen LogP contribution in [-0.4, -0.2) is 25.7 Å². The molecule has 1 unspecified atom stereocenters. The molecular weight excluding hydrogens is 535 g/mol. The third-order valence-electron chi connectivity index (χ3n) is 7.11. The van der Waals surface area contributed by atoms with Crippen molar-refractivity contribution >= 4 is 39.7 Å². The molecule has 220 valence electrons. The molecule has 0 spiro atoms. The first kappa shape index (κ1) is 32.3. The van der Waals surface area contributed by atoms with Gasteiger partial charge in [0, 0.05) is 11.2 Å². The molecule has 0 saturated carbocycles. The molecule has 2 aromatic heterocycles. The molecule has 3 aromatic rings. The zero-order chi connectivity index (χ0) is 28.8. The lowest BCUT2D eigenvalue weighted by Gasteiger charge is -2.15. The van der Waals surface area contributed by atoms with E-state index in [1.807, 2.05) is 42.1 Å². The lowest BCUT2D eigenvalue weighted by molar-refractivity contribution is 0.440. The second kappa shape index (κ2) is 16.9. The fourth-order valence-electron chi connectivity index (χ4n) is 4.76. The maximum atomic E-state index is 6.53. The van der Waals surface area contributed by atoms with Gasteiger partial charge in [-0.1, -0.05) is 140 Å². The number of nitrogens with two attached hydrogens (primary N) is 1. The van der Waals surface area contributed by atoms with E-state index in [0.717, 1.165) is 27.4 Å². The Morgan fingerprint density at radius 1 is 0.875 bits per heavy atom. The van der Waals surface area contributed by atoms with Gasteiger partial charge in [-0.25, -0.2) is 4.68 Å². The molecule has 0 fully saturated rings. The number of azo groups is 1. The molecule has 3 rings (SSSR count). The van der Waals surface area contributed by atoms with Crippen LogP contribution in [-0.2, 0) is 5.41 Å². The quantitative estimate of drug-likeness (QED) is 0.0913. The highest BCUT2D eigenvalue weighted by molar-refractivity contribution is 8.01. The van der Waals surface area contributed by atoms with Gasteiger partial charge in [0.05, 0.1) is 11.4 Å². The lowest BCUT2D eigenvalue weighted by atomic mass is 9.91. The van der Waals surface area contributed by atoms with Gasteiger partial charge in [-0.15, -0.1) is 20.4 Å². The van der Waals surface area contributed by atoms with E-state index in [4.69, 9.17) is 10.8 Å². The molecule has 0 bridgehead atoms. The monoisotopic (exact) mass is 583 g/mol. The molecule has 0 saturated heterocycles. The van der Waals surface area contributed by atoms with Crippen LogP contribution in [0.2, 0.25) is 0 Å². The fraction of sp³-hybridized carbons (Fsp3) is 0.645. The Balaban J connectivity index is 1.63. The number of hydrogen-bond acceptors (Lipinski definition) is 8. The van der Waals surface area contributed by atoms with Gasteiger partial charge in [-0.3, -0.25) is 0 Å². The summed E-state index contributed by atoms with van der Waals surface area (Å²) >= 11 is 3.32. The van der Waals surface area contributed by atoms with E-state index in [1.165, 1.54) is 88.4 Å². The summed E-state index contributed by atoms with van der Waals surface area (Å²) < 4.78 is 2.69. The molecule has 0 aliphatic heterocycles. The number of benzene rings is 1. The molecule has 0 radical (unpaired) electrons. The lowest BCUT2D eigenvalue weighted by Crippen LogP contribution is -2.13. The summed E-state index contributed by atoms with van der Waals surface area (Å²) in [6.07, 6.45) is 16.1. The molecule has 40 heavy (non-hydrogen) atoms. The van der Waals surface area contributed by atoms with Crippen LogP contribution < -0.4 is 5.73 Å². The van der Waals surface area contributed by atoms with Gasteiger partial charge in [-0.05, 0) is 30.9 Å². The van der Waals surface area contributed by atoms with Crippen molar-refractivity contribution in [3.05, 3.63) is 36.0 Å². The Morgan fingerprint density at radius 2 is 1.50 bits per heavy atom. The first-order valence-corrected chi connectivity index (χ1v) is 17.0. The number of thioether (sulfide) groups is 1. The highest BCUT2D eigenvalue weighted by Gasteiger charge is 2.27. The van der Waals surface area contributed by atoms with E-state index in [9.17, 15) is 0 Å². The van der Waals surface area contributed by atoms with Crippen molar-refractivity contribution in [2.24, 2.45) is 16.1 Å². The van der Waals surface area contributed by atoms with Crippen molar-refractivity contribution in [3.8, 4) is 5.69 Å². The molecule has 9 heteroatoms. The smallest absolute Gasteiger partial charge is 0.252 e. The average molecular weight is 584 g/mol. The first-order valence-electron chi connectivity index (χ1n) is 15.2. The fourth-order valence-corrected chi connectivity index (χ4v) is 6.63. The number of aromatic nitrogens is 4. The predicted molar refractivity (Wildman–Crippen MR) is 172 cm³/mol. The molecule has 0 aliphatic carbocycles. The van der Waals surface area contributed by atoms with E-state index < -0.39 is 0 Å². The van der Waals surface area contributed by atoms with Crippen LogP contribution in [0.25, 0.3) is 5.69 Å². The molecule has 0 amide bonds. The Hall–Kier alpha value is -2.26. The molecule has 1 aromatic carbocycles. The highest BCUT2D eigenvalue weighted by Crippen LogP contribution is 2.38. The van der Waals surface area contributed by atoms with Crippen LogP contribution in [0.1, 0.15) is 117 Å². The van der Waals surface area contributed by atoms with Crippen molar-refractivity contribution in [1.29, 1.82) is 0 Å². The maximum absolute atomic E-state index is 6.53. The van der Waals surface area contributed by atoms with E-state index in [2.05, 4.69) is 55.0 Å². The molecular formula is C31H49N7S2. The molecule has 7 nitrogen and oxygen atoms in total. The van der Waals surface area contributed by atoms with Gasteiger partial charge >= 0.3 is 0 Å². The Kier molecular flexibility index (Phi) is 13.6. The van der Waals surface area contributed by atoms with E-state index in [0.29, 0.717) is 16.6 Å². The first-order chi connectivity index (χ1) is 19.3. The standard InChI is InChI=1S/C31H49N7S2/c1-6-8-10-12-13-16-20-24(19-15-11-9-7-2)23-39-30-36-35-29(40-30)34-33-26-27(31(3,4)5)37-38(28(26)32)25-21-17-14-18-22-25/h14,17-18,21-22,24H,6-13,15-16,19-20,23,32H2,1-5H3. The van der Waals surface area contributed by atoms with Gasteiger partial charge < -0.3 is 5.73 Å². The van der Waals surface area contributed by atoms with Crippen molar-refractivity contribution in [1.82, 2.24) is 20.0 Å². The summed E-state index contributed by atoms with van der Waals surface area (Å²) in [7, 11) is 0. The van der Waals surface area contributed by atoms with E-state index in [-0.39, 0.29) is 5.41 Å². The van der Waals surface area contributed by atoms with Crippen molar-refractivity contribution in [2.45, 2.75) is 121 Å². The molecule has 1 atom stereocenters. The van der Waals surface area contributed by atoms with Gasteiger partial charge in [0.1, 0.15) is 0 Å². The number of rotatable bonds is 18.